The van der Waals surface area contributed by atoms with Crippen molar-refractivity contribution in [3.63, 3.8) is 0 Å². The number of hydrogen-bond acceptors (Lipinski definition) is 7. The molecule has 234 valence electrons. The Morgan fingerprint density at radius 1 is 1.05 bits per heavy atom. The summed E-state index contributed by atoms with van der Waals surface area (Å²) in [6, 6.07) is 24.8. The predicted molar refractivity (Wildman–Crippen MR) is 170 cm³/mol. The van der Waals surface area contributed by atoms with E-state index in [1.807, 2.05) is 24.3 Å². The number of likely N-dealkylation sites (tertiary alicyclic amines) is 1. The van der Waals surface area contributed by atoms with Crippen LogP contribution in [0.3, 0.4) is 0 Å². The van der Waals surface area contributed by atoms with Gasteiger partial charge in [-0.2, -0.15) is 0 Å². The monoisotopic (exact) mass is 600 g/mol. The van der Waals surface area contributed by atoms with Gasteiger partial charge in [0.05, 0.1) is 25.4 Å². The van der Waals surface area contributed by atoms with E-state index in [0.29, 0.717) is 12.6 Å². The van der Waals surface area contributed by atoms with E-state index in [1.165, 1.54) is 12.5 Å². The standard InChI is InChI=1S/C36H44N2O6/c1-4-19-42-36(40)37-21-27-7-5-8-31(20-27)28-14-16-30(17-15-28)35-43-33(22-38-18-6-9-32(38)24-41-3)25(2)34(44-35)29-12-10-26(23-39)11-13-29/h4-5,7-8,10-17,20,25,32-35,39H,1,6,9,18-19,21-24H2,2-3H3,(H,37,40)/t25-,32+,33+,34+,35+/m1/s1. The lowest BCUT2D eigenvalue weighted by Crippen LogP contribution is -2.46. The molecule has 3 aromatic rings. The first-order valence-electron chi connectivity index (χ1n) is 15.4. The lowest BCUT2D eigenvalue weighted by Gasteiger charge is -2.43. The quantitative estimate of drug-likeness (QED) is 0.241. The molecular formula is C36H44N2O6. The predicted octanol–water partition coefficient (Wildman–Crippen LogP) is 6.16. The number of hydrogen-bond donors (Lipinski definition) is 2. The number of aliphatic hydroxyl groups excluding tert-OH is 1. The molecule has 3 aromatic carbocycles. The van der Waals surface area contributed by atoms with Crippen LogP contribution in [0.25, 0.3) is 11.1 Å². The van der Waals surface area contributed by atoms with Gasteiger partial charge in [-0.05, 0) is 53.3 Å². The smallest absolute Gasteiger partial charge is 0.407 e. The Kier molecular flexibility index (Phi) is 11.2. The maximum absolute atomic E-state index is 11.8. The summed E-state index contributed by atoms with van der Waals surface area (Å²) in [6.45, 7) is 8.91. The Hall–Kier alpha value is -3.53. The van der Waals surface area contributed by atoms with Crippen molar-refractivity contribution in [1.29, 1.82) is 0 Å². The number of ether oxygens (including phenoxy) is 4. The van der Waals surface area contributed by atoms with Crippen LogP contribution in [0.5, 0.6) is 0 Å². The van der Waals surface area contributed by atoms with Gasteiger partial charge < -0.3 is 29.4 Å². The first-order valence-corrected chi connectivity index (χ1v) is 15.4. The van der Waals surface area contributed by atoms with E-state index >= 15 is 0 Å². The summed E-state index contributed by atoms with van der Waals surface area (Å²) in [7, 11) is 1.77. The molecule has 2 fully saturated rings. The van der Waals surface area contributed by atoms with Crippen LogP contribution in [0.4, 0.5) is 4.79 Å². The van der Waals surface area contributed by atoms with E-state index in [9.17, 15) is 9.90 Å². The highest BCUT2D eigenvalue weighted by molar-refractivity contribution is 5.68. The summed E-state index contributed by atoms with van der Waals surface area (Å²) >= 11 is 0. The summed E-state index contributed by atoms with van der Waals surface area (Å²) in [5.74, 6) is 0.125. The molecule has 8 heteroatoms. The summed E-state index contributed by atoms with van der Waals surface area (Å²) in [4.78, 5) is 14.3. The van der Waals surface area contributed by atoms with Crippen LogP contribution in [0.2, 0.25) is 0 Å². The third-order valence-corrected chi connectivity index (χ3v) is 8.61. The average Bonchev–Trinajstić information content (AvgIpc) is 3.50. The van der Waals surface area contributed by atoms with Gasteiger partial charge in [0.2, 0.25) is 0 Å². The lowest BCUT2D eigenvalue weighted by molar-refractivity contribution is -0.276. The van der Waals surface area contributed by atoms with Crippen molar-refractivity contribution in [1.82, 2.24) is 10.2 Å². The molecule has 0 aliphatic carbocycles. The molecule has 5 atom stereocenters. The zero-order valence-corrected chi connectivity index (χ0v) is 25.7. The van der Waals surface area contributed by atoms with Gasteiger partial charge in [0.15, 0.2) is 6.29 Å². The Morgan fingerprint density at radius 3 is 2.55 bits per heavy atom. The third kappa shape index (κ3) is 7.94. The van der Waals surface area contributed by atoms with Crippen molar-refractivity contribution in [2.45, 2.75) is 57.5 Å². The zero-order chi connectivity index (χ0) is 30.9. The van der Waals surface area contributed by atoms with Crippen molar-refractivity contribution in [3.8, 4) is 11.1 Å². The fourth-order valence-corrected chi connectivity index (χ4v) is 6.13. The molecule has 0 aromatic heterocycles. The molecule has 0 unspecified atom stereocenters. The molecular weight excluding hydrogens is 556 g/mol. The molecule has 0 saturated carbocycles. The van der Waals surface area contributed by atoms with Crippen LogP contribution in [-0.2, 0) is 32.1 Å². The van der Waals surface area contributed by atoms with E-state index in [2.05, 4.69) is 72.3 Å². The van der Waals surface area contributed by atoms with E-state index < -0.39 is 12.4 Å². The minimum Gasteiger partial charge on any atom is -0.445 e. The minimum atomic E-state index is -0.520. The first kappa shape index (κ1) is 31.9. The van der Waals surface area contributed by atoms with Crippen molar-refractivity contribution in [2.24, 2.45) is 5.92 Å². The highest BCUT2D eigenvalue weighted by Gasteiger charge is 2.40. The van der Waals surface area contributed by atoms with Gasteiger partial charge >= 0.3 is 6.09 Å². The maximum atomic E-state index is 11.8. The van der Waals surface area contributed by atoms with Crippen molar-refractivity contribution in [2.75, 3.05) is 33.4 Å². The largest absolute Gasteiger partial charge is 0.445 e. The second kappa shape index (κ2) is 15.5. The number of carbonyl (C=O) groups is 1. The number of carbonyl (C=O) groups excluding carboxylic acids is 1. The van der Waals surface area contributed by atoms with Gasteiger partial charge in [-0.15, -0.1) is 0 Å². The number of rotatable bonds is 12. The summed E-state index contributed by atoms with van der Waals surface area (Å²) in [6.07, 6.45) is 2.66. The van der Waals surface area contributed by atoms with Gasteiger partial charge in [-0.3, -0.25) is 4.90 Å². The summed E-state index contributed by atoms with van der Waals surface area (Å²) in [5, 5.41) is 12.3. The van der Waals surface area contributed by atoms with Crippen molar-refractivity contribution >= 4 is 6.09 Å². The van der Waals surface area contributed by atoms with Crippen LogP contribution in [0, 0.1) is 5.92 Å². The zero-order valence-electron chi connectivity index (χ0n) is 25.7. The number of benzene rings is 3. The van der Waals surface area contributed by atoms with Gasteiger partial charge in [-0.25, -0.2) is 4.79 Å². The normalized spacial score (nSPS) is 23.8. The summed E-state index contributed by atoms with van der Waals surface area (Å²) in [5.41, 5.74) is 6.00. The fraction of sp³-hybridized carbons (Fsp3) is 0.417. The molecule has 0 radical (unpaired) electrons. The topological polar surface area (TPSA) is 89.5 Å². The minimum absolute atomic E-state index is 0.0135. The molecule has 0 bridgehead atoms. The van der Waals surface area contributed by atoms with E-state index in [-0.39, 0.29) is 31.3 Å². The Bertz CT molecular complexity index is 1360. The van der Waals surface area contributed by atoms with E-state index in [1.54, 1.807) is 7.11 Å². The van der Waals surface area contributed by atoms with Gasteiger partial charge in [0.1, 0.15) is 6.61 Å². The molecule has 5 rings (SSSR count). The van der Waals surface area contributed by atoms with Gasteiger partial charge in [0.25, 0.3) is 0 Å². The van der Waals surface area contributed by atoms with Crippen LogP contribution in [0.15, 0.2) is 85.5 Å². The third-order valence-electron chi connectivity index (χ3n) is 8.61. The molecule has 1 amide bonds. The van der Waals surface area contributed by atoms with Gasteiger partial charge in [-0.1, -0.05) is 86.3 Å². The van der Waals surface area contributed by atoms with Crippen molar-refractivity contribution < 1.29 is 28.8 Å². The number of nitrogens with one attached hydrogen (secondary N) is 1. The second-order valence-electron chi connectivity index (χ2n) is 11.6. The lowest BCUT2D eigenvalue weighted by atomic mass is 9.89. The summed E-state index contributed by atoms with van der Waals surface area (Å²) < 4.78 is 23.9. The molecule has 2 heterocycles. The van der Waals surface area contributed by atoms with Crippen LogP contribution < -0.4 is 5.32 Å². The fourth-order valence-electron chi connectivity index (χ4n) is 6.13. The number of nitrogens with zero attached hydrogens (tertiary/aromatic N) is 1. The van der Waals surface area contributed by atoms with Crippen LogP contribution in [-0.4, -0.2) is 61.7 Å². The number of methoxy groups -OCH3 is 1. The molecule has 2 saturated heterocycles. The number of amides is 1. The van der Waals surface area contributed by atoms with E-state index in [0.717, 1.165) is 59.5 Å². The molecule has 2 aliphatic heterocycles. The number of aliphatic hydroxyl groups is 1. The van der Waals surface area contributed by atoms with Crippen LogP contribution in [0.1, 0.15) is 54.4 Å². The molecule has 44 heavy (non-hydrogen) atoms. The Labute approximate surface area is 260 Å². The molecule has 0 spiro atoms. The molecule has 2 aliphatic rings. The average molecular weight is 601 g/mol. The second-order valence-corrected chi connectivity index (χ2v) is 11.6. The van der Waals surface area contributed by atoms with E-state index in [4.69, 9.17) is 18.9 Å². The molecule has 8 nitrogen and oxygen atoms in total. The highest BCUT2D eigenvalue weighted by atomic mass is 16.7. The molecule has 2 N–H and O–H groups in total. The van der Waals surface area contributed by atoms with Crippen molar-refractivity contribution in [3.05, 3.63) is 108 Å². The Morgan fingerprint density at radius 2 is 1.82 bits per heavy atom. The Balaban J connectivity index is 1.33. The SMILES string of the molecule is C=CCOC(=O)NCc1cccc(-c2ccc([C@H]3O[C@@H](CN4CCC[C@H]4COC)[C@@H](C)[C@@H](c4ccc(CO)cc4)O3)cc2)c1. The van der Waals surface area contributed by atoms with Gasteiger partial charge in [0, 0.05) is 37.7 Å². The highest BCUT2D eigenvalue weighted by Crippen LogP contribution is 2.42. The first-order chi connectivity index (χ1) is 21.5. The van der Waals surface area contributed by atoms with Crippen LogP contribution >= 0.6 is 0 Å². The number of alkyl carbamates (subject to hydrolysis) is 1. The maximum Gasteiger partial charge on any atom is 0.407 e.